The number of fused-ring (bicyclic) bond motifs is 1. The number of amides is 3. The predicted octanol–water partition coefficient (Wildman–Crippen LogP) is 1.02. The third kappa shape index (κ3) is 4.47. The van der Waals surface area contributed by atoms with Gasteiger partial charge in [-0.2, -0.15) is 0 Å². The first kappa shape index (κ1) is 19.8. The standard InChI is InChI=1S/C19H25N3O6/c1-3-27-17(23)10-20-18(24)21-11-15-16(12-21)28-19(25)22(15)9-8-13-4-6-14(26-2)7-5-13/h4-7,15-16H,3,8-12H2,1-2H3,(H,20,24)/t15-,16+/m1/s1. The summed E-state index contributed by atoms with van der Waals surface area (Å²) in [6.07, 6.45) is -0.0241. The summed E-state index contributed by atoms with van der Waals surface area (Å²) in [7, 11) is 1.62. The lowest BCUT2D eigenvalue weighted by Crippen LogP contribution is -2.44. The van der Waals surface area contributed by atoms with Crippen LogP contribution in [0, 0.1) is 0 Å². The summed E-state index contributed by atoms with van der Waals surface area (Å²) in [5.41, 5.74) is 1.08. The van der Waals surface area contributed by atoms with Crippen molar-refractivity contribution in [2.45, 2.75) is 25.5 Å². The lowest BCUT2D eigenvalue weighted by molar-refractivity contribution is -0.141. The van der Waals surface area contributed by atoms with Crippen molar-refractivity contribution >= 4 is 18.1 Å². The predicted molar refractivity (Wildman–Crippen MR) is 99.1 cm³/mol. The van der Waals surface area contributed by atoms with Gasteiger partial charge in [-0.25, -0.2) is 9.59 Å². The summed E-state index contributed by atoms with van der Waals surface area (Å²) in [4.78, 5) is 39.0. The third-order valence-corrected chi connectivity index (χ3v) is 4.90. The molecule has 0 spiro atoms. The SMILES string of the molecule is CCOC(=O)CNC(=O)N1C[C@@H]2OC(=O)N(CCc3ccc(OC)cc3)[C@@H]2C1. The summed E-state index contributed by atoms with van der Waals surface area (Å²) < 4.78 is 15.4. The van der Waals surface area contributed by atoms with Gasteiger partial charge in [0.25, 0.3) is 0 Å². The molecule has 28 heavy (non-hydrogen) atoms. The van der Waals surface area contributed by atoms with Gasteiger partial charge in [-0.15, -0.1) is 0 Å². The number of nitrogens with one attached hydrogen (secondary N) is 1. The van der Waals surface area contributed by atoms with E-state index >= 15 is 0 Å². The van der Waals surface area contributed by atoms with E-state index in [9.17, 15) is 14.4 Å². The van der Waals surface area contributed by atoms with Crippen molar-refractivity contribution in [2.24, 2.45) is 0 Å². The Bertz CT molecular complexity index is 723. The topological polar surface area (TPSA) is 97.4 Å². The van der Waals surface area contributed by atoms with Crippen molar-refractivity contribution < 1.29 is 28.6 Å². The molecule has 9 nitrogen and oxygen atoms in total. The molecule has 0 saturated carbocycles. The number of methoxy groups -OCH3 is 1. The fourth-order valence-electron chi connectivity index (χ4n) is 3.44. The zero-order valence-corrected chi connectivity index (χ0v) is 16.1. The Hall–Kier alpha value is -2.97. The first-order valence-corrected chi connectivity index (χ1v) is 9.30. The van der Waals surface area contributed by atoms with Gasteiger partial charge < -0.3 is 24.4 Å². The second-order valence-electron chi connectivity index (χ2n) is 6.65. The Morgan fingerprint density at radius 3 is 2.68 bits per heavy atom. The van der Waals surface area contributed by atoms with Crippen molar-refractivity contribution in [3.8, 4) is 5.75 Å². The van der Waals surface area contributed by atoms with E-state index in [1.54, 1.807) is 23.8 Å². The molecule has 9 heteroatoms. The first-order valence-electron chi connectivity index (χ1n) is 9.30. The molecule has 2 heterocycles. The van der Waals surface area contributed by atoms with Crippen LogP contribution in [0.1, 0.15) is 12.5 Å². The second kappa shape index (κ2) is 8.81. The van der Waals surface area contributed by atoms with Crippen LogP contribution in [0.3, 0.4) is 0 Å². The zero-order valence-electron chi connectivity index (χ0n) is 16.1. The fourth-order valence-corrected chi connectivity index (χ4v) is 3.44. The summed E-state index contributed by atoms with van der Waals surface area (Å²) >= 11 is 0. The van der Waals surface area contributed by atoms with Crippen LogP contribution in [0.15, 0.2) is 24.3 Å². The summed E-state index contributed by atoms with van der Waals surface area (Å²) in [5, 5.41) is 2.53. The van der Waals surface area contributed by atoms with E-state index in [0.717, 1.165) is 11.3 Å². The molecular weight excluding hydrogens is 366 g/mol. The molecule has 2 saturated heterocycles. The molecule has 0 unspecified atom stereocenters. The van der Waals surface area contributed by atoms with Gasteiger partial charge in [-0.1, -0.05) is 12.1 Å². The zero-order chi connectivity index (χ0) is 20.1. The van der Waals surface area contributed by atoms with Crippen LogP contribution in [-0.4, -0.2) is 79.9 Å². The normalized spacial score (nSPS) is 20.6. The van der Waals surface area contributed by atoms with Crippen LogP contribution in [0.2, 0.25) is 0 Å². The molecule has 2 aliphatic heterocycles. The van der Waals surface area contributed by atoms with E-state index in [1.807, 2.05) is 24.3 Å². The van der Waals surface area contributed by atoms with Crippen molar-refractivity contribution in [2.75, 3.05) is 39.9 Å². The molecule has 1 N–H and O–H groups in total. The van der Waals surface area contributed by atoms with Crippen molar-refractivity contribution in [1.82, 2.24) is 15.1 Å². The molecule has 2 fully saturated rings. The van der Waals surface area contributed by atoms with E-state index < -0.39 is 5.97 Å². The minimum absolute atomic E-state index is 0.181. The number of likely N-dealkylation sites (tertiary alicyclic amines) is 1. The number of hydrogen-bond acceptors (Lipinski definition) is 6. The van der Waals surface area contributed by atoms with Crippen LogP contribution in [-0.2, 0) is 20.7 Å². The Kier molecular flexibility index (Phi) is 6.23. The average Bonchev–Trinajstić information content (AvgIpc) is 3.22. The number of nitrogens with zero attached hydrogens (tertiary/aromatic N) is 2. The minimum Gasteiger partial charge on any atom is -0.497 e. The molecule has 152 valence electrons. The summed E-state index contributed by atoms with van der Waals surface area (Å²) in [6.45, 7) is 2.97. The maximum atomic E-state index is 12.2. The Morgan fingerprint density at radius 1 is 1.25 bits per heavy atom. The molecule has 0 aliphatic carbocycles. The van der Waals surface area contributed by atoms with Crippen LogP contribution in [0.25, 0.3) is 0 Å². The highest BCUT2D eigenvalue weighted by molar-refractivity contribution is 5.81. The van der Waals surface area contributed by atoms with Gasteiger partial charge in [-0.3, -0.25) is 9.69 Å². The van der Waals surface area contributed by atoms with Crippen LogP contribution in [0.5, 0.6) is 5.75 Å². The number of ether oxygens (including phenoxy) is 3. The van der Waals surface area contributed by atoms with Gasteiger partial charge in [0.1, 0.15) is 18.4 Å². The largest absolute Gasteiger partial charge is 0.497 e. The number of carbonyl (C=O) groups is 3. The lowest BCUT2D eigenvalue weighted by Gasteiger charge is -2.22. The molecule has 1 aromatic rings. The lowest BCUT2D eigenvalue weighted by atomic mass is 10.1. The summed E-state index contributed by atoms with van der Waals surface area (Å²) in [5.74, 6) is 0.299. The van der Waals surface area contributed by atoms with Crippen molar-refractivity contribution in [3.05, 3.63) is 29.8 Å². The first-order chi connectivity index (χ1) is 13.5. The minimum atomic E-state index is -0.484. The summed E-state index contributed by atoms with van der Waals surface area (Å²) in [6, 6.07) is 7.13. The Balaban J connectivity index is 1.51. The van der Waals surface area contributed by atoms with Gasteiger partial charge in [0.05, 0.1) is 26.3 Å². The molecule has 0 bridgehead atoms. The third-order valence-electron chi connectivity index (χ3n) is 4.90. The maximum absolute atomic E-state index is 12.2. The number of carbonyl (C=O) groups excluding carboxylic acids is 3. The highest BCUT2D eigenvalue weighted by Crippen LogP contribution is 2.27. The Labute approximate surface area is 163 Å². The number of benzene rings is 1. The molecule has 2 atom stereocenters. The van der Waals surface area contributed by atoms with Crippen LogP contribution < -0.4 is 10.1 Å². The molecule has 3 rings (SSSR count). The van der Waals surface area contributed by atoms with Crippen molar-refractivity contribution in [3.63, 3.8) is 0 Å². The van der Waals surface area contributed by atoms with E-state index in [1.165, 1.54) is 0 Å². The molecule has 0 radical (unpaired) electrons. The quantitative estimate of drug-likeness (QED) is 0.697. The Morgan fingerprint density at radius 2 is 2.00 bits per heavy atom. The number of urea groups is 1. The second-order valence-corrected chi connectivity index (χ2v) is 6.65. The van der Waals surface area contributed by atoms with E-state index in [0.29, 0.717) is 26.1 Å². The van der Waals surface area contributed by atoms with Crippen LogP contribution >= 0.6 is 0 Å². The van der Waals surface area contributed by atoms with Gasteiger partial charge in [0.2, 0.25) is 0 Å². The number of hydrogen-bond donors (Lipinski definition) is 1. The van der Waals surface area contributed by atoms with E-state index in [2.05, 4.69) is 5.32 Å². The van der Waals surface area contributed by atoms with Gasteiger partial charge in [-0.05, 0) is 31.0 Å². The molecule has 0 aromatic heterocycles. The number of rotatable bonds is 7. The van der Waals surface area contributed by atoms with E-state index in [4.69, 9.17) is 14.2 Å². The van der Waals surface area contributed by atoms with Gasteiger partial charge in [0.15, 0.2) is 0 Å². The molecule has 2 aliphatic rings. The van der Waals surface area contributed by atoms with Gasteiger partial charge >= 0.3 is 18.1 Å². The van der Waals surface area contributed by atoms with E-state index in [-0.39, 0.29) is 37.4 Å². The number of esters is 1. The smallest absolute Gasteiger partial charge is 0.410 e. The highest BCUT2D eigenvalue weighted by Gasteiger charge is 2.48. The molecule has 1 aromatic carbocycles. The van der Waals surface area contributed by atoms with Crippen LogP contribution in [0.4, 0.5) is 9.59 Å². The highest BCUT2D eigenvalue weighted by atomic mass is 16.6. The fraction of sp³-hybridized carbons (Fsp3) is 0.526. The van der Waals surface area contributed by atoms with Crippen molar-refractivity contribution in [1.29, 1.82) is 0 Å². The van der Waals surface area contributed by atoms with Gasteiger partial charge in [0, 0.05) is 13.1 Å². The monoisotopic (exact) mass is 391 g/mol. The molecule has 3 amide bonds. The molecular formula is C19H25N3O6. The maximum Gasteiger partial charge on any atom is 0.410 e. The average molecular weight is 391 g/mol.